The second kappa shape index (κ2) is 8.50. The molecule has 0 aliphatic rings. The molecule has 3 heterocycles. The van der Waals surface area contributed by atoms with Crippen LogP contribution < -0.4 is 16.0 Å². The number of aliphatic hydroxyl groups is 1. The maximum absolute atomic E-state index is 14.0. The fraction of sp³-hybridized carbons (Fsp3) is 0.409. The number of rotatable bonds is 7. The predicted octanol–water partition coefficient (Wildman–Crippen LogP) is 3.52. The van der Waals surface area contributed by atoms with Crippen LogP contribution in [0.4, 0.5) is 21.6 Å². The molecule has 8 nitrogen and oxygen atoms in total. The number of fused-ring (bicyclic) bond motifs is 1. The Labute approximate surface area is 180 Å². The summed E-state index contributed by atoms with van der Waals surface area (Å²) in [6, 6.07) is 7.44. The molecule has 0 saturated carbocycles. The molecule has 0 fully saturated rings. The minimum absolute atomic E-state index is 0.287. The lowest BCUT2D eigenvalue weighted by molar-refractivity contribution is -0.00177. The van der Waals surface area contributed by atoms with Crippen LogP contribution >= 0.6 is 0 Å². The first-order valence-corrected chi connectivity index (χ1v) is 10.1. The van der Waals surface area contributed by atoms with E-state index in [4.69, 9.17) is 0 Å². The molecule has 4 N–H and O–H groups in total. The highest BCUT2D eigenvalue weighted by Crippen LogP contribution is 2.25. The maximum atomic E-state index is 14.0. The van der Waals surface area contributed by atoms with Gasteiger partial charge in [-0.2, -0.15) is 5.10 Å². The minimum Gasteiger partial charge on any atom is -0.387 e. The lowest BCUT2D eigenvalue weighted by Gasteiger charge is -2.25. The Kier molecular flexibility index (Phi) is 6.17. The van der Waals surface area contributed by atoms with Crippen molar-refractivity contribution in [2.45, 2.75) is 51.9 Å². The first-order chi connectivity index (χ1) is 14.4. The van der Waals surface area contributed by atoms with Crippen LogP contribution in [0.15, 0.2) is 42.9 Å². The number of amides is 1. The summed E-state index contributed by atoms with van der Waals surface area (Å²) in [5.41, 5.74) is 0.746. The van der Waals surface area contributed by atoms with Crippen molar-refractivity contribution in [2.75, 3.05) is 17.2 Å². The van der Waals surface area contributed by atoms with E-state index in [1.807, 2.05) is 45.2 Å². The molecular weight excluding hydrogens is 399 g/mol. The fourth-order valence-electron chi connectivity index (χ4n) is 2.89. The van der Waals surface area contributed by atoms with Crippen molar-refractivity contribution in [3.8, 4) is 0 Å². The van der Waals surface area contributed by atoms with Crippen molar-refractivity contribution in [3.63, 3.8) is 0 Å². The van der Waals surface area contributed by atoms with Gasteiger partial charge in [-0.15, -0.1) is 0 Å². The van der Waals surface area contributed by atoms with E-state index < -0.39 is 17.7 Å². The van der Waals surface area contributed by atoms with Gasteiger partial charge in [0.25, 0.3) is 5.91 Å². The lowest BCUT2D eigenvalue weighted by Crippen LogP contribution is -2.42. The number of carbonyl (C=O) groups excluding carboxylic acids is 1. The largest absolute Gasteiger partial charge is 0.387 e. The van der Waals surface area contributed by atoms with Gasteiger partial charge in [-0.05, 0) is 52.8 Å². The summed E-state index contributed by atoms with van der Waals surface area (Å²) in [6.07, 6.45) is 3.41. The number of aromatic nitrogens is 3. The number of anilines is 3. The Balaban J connectivity index is 1.83. The summed E-state index contributed by atoms with van der Waals surface area (Å²) in [7, 11) is 0. The third kappa shape index (κ3) is 5.91. The molecule has 1 amide bonds. The van der Waals surface area contributed by atoms with Gasteiger partial charge in [0.1, 0.15) is 12.0 Å². The zero-order chi connectivity index (χ0) is 22.8. The van der Waals surface area contributed by atoms with Gasteiger partial charge in [0.15, 0.2) is 0 Å². The van der Waals surface area contributed by atoms with Gasteiger partial charge in [0.05, 0.1) is 28.9 Å². The smallest absolute Gasteiger partial charge is 0.255 e. The molecule has 3 rings (SSSR count). The average molecular weight is 429 g/mol. The molecule has 0 saturated heterocycles. The number of halogens is 1. The fourth-order valence-corrected chi connectivity index (χ4v) is 2.89. The topological polar surface area (TPSA) is 104 Å². The van der Waals surface area contributed by atoms with Crippen LogP contribution in [-0.4, -0.2) is 49.5 Å². The third-order valence-electron chi connectivity index (χ3n) is 4.54. The van der Waals surface area contributed by atoms with Gasteiger partial charge >= 0.3 is 0 Å². The minimum atomic E-state index is -1.59. The van der Waals surface area contributed by atoms with E-state index in [1.165, 1.54) is 20.0 Å². The van der Waals surface area contributed by atoms with Crippen molar-refractivity contribution in [3.05, 3.63) is 48.4 Å². The van der Waals surface area contributed by atoms with Crippen LogP contribution in [0.3, 0.4) is 0 Å². The normalized spacial score (nSPS) is 13.1. The van der Waals surface area contributed by atoms with Crippen molar-refractivity contribution in [1.29, 1.82) is 0 Å². The standard InChI is InChI=1S/C22H29FN6O2/c1-21(2,3)28-17-11-19(27-14-7-9-29-15(10-14)6-8-26-29)24-12-16(17)20(30)25-13-18(23)22(4,5)31/h6-12,18,31H,13H2,1-5H3,(H,25,30)(H2,24,27,28). The van der Waals surface area contributed by atoms with Gasteiger partial charge in [-0.1, -0.05) is 0 Å². The van der Waals surface area contributed by atoms with E-state index in [2.05, 4.69) is 26.0 Å². The number of alkyl halides is 1. The number of carbonyl (C=O) groups is 1. The predicted molar refractivity (Wildman–Crippen MR) is 120 cm³/mol. The van der Waals surface area contributed by atoms with Crippen LogP contribution in [0, 0.1) is 0 Å². The highest BCUT2D eigenvalue weighted by atomic mass is 19.1. The SMILES string of the molecule is CC(C)(C)Nc1cc(Nc2ccn3nccc3c2)ncc1C(=O)NCC(F)C(C)(C)O. The molecule has 1 unspecified atom stereocenters. The van der Waals surface area contributed by atoms with Crippen LogP contribution in [-0.2, 0) is 0 Å². The van der Waals surface area contributed by atoms with Crippen LogP contribution in [0.25, 0.3) is 5.52 Å². The molecule has 0 bridgehead atoms. The summed E-state index contributed by atoms with van der Waals surface area (Å²) in [5, 5.41) is 23.0. The molecule has 166 valence electrons. The Morgan fingerprint density at radius 3 is 2.65 bits per heavy atom. The quantitative estimate of drug-likeness (QED) is 0.459. The Bertz CT molecular complexity index is 1070. The summed E-state index contributed by atoms with van der Waals surface area (Å²) < 4.78 is 15.8. The molecule has 3 aromatic rings. The number of hydrogen-bond donors (Lipinski definition) is 4. The van der Waals surface area contributed by atoms with Crippen molar-refractivity contribution in [2.24, 2.45) is 0 Å². The second-order valence-corrected chi connectivity index (χ2v) is 9.06. The van der Waals surface area contributed by atoms with Crippen molar-refractivity contribution >= 4 is 28.6 Å². The molecule has 1 atom stereocenters. The molecule has 0 aliphatic carbocycles. The molecule has 31 heavy (non-hydrogen) atoms. The molecule has 0 radical (unpaired) electrons. The van der Waals surface area contributed by atoms with Gasteiger partial charge in [-0.25, -0.2) is 13.9 Å². The Morgan fingerprint density at radius 1 is 1.23 bits per heavy atom. The van der Waals surface area contributed by atoms with Crippen LogP contribution in [0.2, 0.25) is 0 Å². The number of hydrogen-bond acceptors (Lipinski definition) is 6. The molecule has 0 aliphatic heterocycles. The van der Waals surface area contributed by atoms with Gasteiger partial charge in [0, 0.05) is 35.9 Å². The molecule has 3 aromatic heterocycles. The molecule has 9 heteroatoms. The zero-order valence-corrected chi connectivity index (χ0v) is 18.4. The van der Waals surface area contributed by atoms with Gasteiger partial charge < -0.3 is 21.1 Å². The monoisotopic (exact) mass is 428 g/mol. The first kappa shape index (κ1) is 22.5. The number of pyridine rings is 2. The van der Waals surface area contributed by atoms with E-state index in [0.29, 0.717) is 11.5 Å². The lowest BCUT2D eigenvalue weighted by atomic mass is 10.0. The summed E-state index contributed by atoms with van der Waals surface area (Å²) >= 11 is 0. The van der Waals surface area contributed by atoms with Crippen molar-refractivity contribution < 1.29 is 14.3 Å². The second-order valence-electron chi connectivity index (χ2n) is 9.06. The van der Waals surface area contributed by atoms with Crippen LogP contribution in [0.1, 0.15) is 45.0 Å². The molecule has 0 aromatic carbocycles. The van der Waals surface area contributed by atoms with E-state index in [1.54, 1.807) is 16.8 Å². The number of nitrogens with one attached hydrogen (secondary N) is 3. The maximum Gasteiger partial charge on any atom is 0.255 e. The first-order valence-electron chi connectivity index (χ1n) is 10.1. The van der Waals surface area contributed by atoms with E-state index in [-0.39, 0.29) is 17.6 Å². The van der Waals surface area contributed by atoms with Gasteiger partial charge in [-0.3, -0.25) is 4.79 Å². The average Bonchev–Trinajstić information content (AvgIpc) is 3.11. The summed E-state index contributed by atoms with van der Waals surface area (Å²) in [4.78, 5) is 17.1. The highest BCUT2D eigenvalue weighted by Gasteiger charge is 2.27. The van der Waals surface area contributed by atoms with E-state index in [9.17, 15) is 14.3 Å². The van der Waals surface area contributed by atoms with E-state index in [0.717, 1.165) is 11.2 Å². The molecule has 0 spiro atoms. The van der Waals surface area contributed by atoms with Gasteiger partial charge in [0.2, 0.25) is 0 Å². The Hall–Kier alpha value is -3.20. The van der Waals surface area contributed by atoms with Crippen molar-refractivity contribution in [1.82, 2.24) is 19.9 Å². The Morgan fingerprint density at radius 2 is 1.97 bits per heavy atom. The zero-order valence-electron chi connectivity index (χ0n) is 18.4. The summed E-state index contributed by atoms with van der Waals surface area (Å²) in [6.45, 7) is 8.34. The summed E-state index contributed by atoms with van der Waals surface area (Å²) in [5.74, 6) is 0.0744. The highest BCUT2D eigenvalue weighted by molar-refractivity contribution is 6.00. The van der Waals surface area contributed by atoms with E-state index >= 15 is 0 Å². The number of nitrogens with zero attached hydrogens (tertiary/aromatic N) is 3. The third-order valence-corrected chi connectivity index (χ3v) is 4.54. The van der Waals surface area contributed by atoms with Crippen LogP contribution in [0.5, 0.6) is 0 Å². The molecular formula is C22H29FN6O2.